The van der Waals surface area contributed by atoms with Crippen molar-refractivity contribution in [2.45, 2.75) is 27.2 Å². The lowest BCUT2D eigenvalue weighted by Gasteiger charge is -2.09. The first-order chi connectivity index (χ1) is 11.5. The maximum absolute atomic E-state index is 12.0. The van der Waals surface area contributed by atoms with Gasteiger partial charge >= 0.3 is 5.97 Å². The second-order valence-corrected chi connectivity index (χ2v) is 5.90. The van der Waals surface area contributed by atoms with E-state index in [-0.39, 0.29) is 12.5 Å². The predicted molar refractivity (Wildman–Crippen MR) is 94.1 cm³/mol. The van der Waals surface area contributed by atoms with Crippen molar-refractivity contribution in [2.24, 2.45) is 0 Å². The Labute approximate surface area is 142 Å². The molecule has 0 radical (unpaired) electrons. The number of amides is 1. The van der Waals surface area contributed by atoms with Crippen molar-refractivity contribution in [3.8, 4) is 0 Å². The smallest absolute Gasteiger partial charge is 0.338 e. The molecule has 0 saturated heterocycles. The Kier molecular flexibility index (Phi) is 6.13. The average molecular weight is 325 g/mol. The Morgan fingerprint density at radius 2 is 1.71 bits per heavy atom. The predicted octanol–water partition coefficient (Wildman–Crippen LogP) is 3.13. The molecule has 0 unspecified atom stereocenters. The summed E-state index contributed by atoms with van der Waals surface area (Å²) in [6.45, 7) is 6.21. The van der Waals surface area contributed by atoms with Gasteiger partial charge in [0.2, 0.25) is 0 Å². The van der Waals surface area contributed by atoms with Gasteiger partial charge in [-0.25, -0.2) is 4.79 Å². The lowest BCUT2D eigenvalue weighted by molar-refractivity contribution is -0.124. The van der Waals surface area contributed by atoms with Crippen molar-refractivity contribution >= 4 is 11.9 Å². The third-order valence-electron chi connectivity index (χ3n) is 4.05. The normalized spacial score (nSPS) is 10.3. The molecule has 0 saturated carbocycles. The van der Waals surface area contributed by atoms with Crippen LogP contribution in [-0.2, 0) is 16.0 Å². The van der Waals surface area contributed by atoms with E-state index in [0.29, 0.717) is 12.1 Å². The Hall–Kier alpha value is -2.62. The molecule has 1 amide bonds. The van der Waals surface area contributed by atoms with E-state index in [1.165, 1.54) is 11.1 Å². The molecule has 0 heterocycles. The number of nitrogens with one attached hydrogen (secondary N) is 1. The molecule has 0 aromatic heterocycles. The van der Waals surface area contributed by atoms with Gasteiger partial charge in [0.05, 0.1) is 5.56 Å². The molecule has 0 atom stereocenters. The Morgan fingerprint density at radius 1 is 0.958 bits per heavy atom. The SMILES string of the molecule is Cc1ccc(C(=O)OCC(=O)NCCc2ccccc2C)cc1C. The fraction of sp³-hybridized carbons (Fsp3) is 0.300. The van der Waals surface area contributed by atoms with E-state index in [0.717, 1.165) is 17.5 Å². The van der Waals surface area contributed by atoms with Gasteiger partial charge in [-0.1, -0.05) is 30.3 Å². The molecule has 2 aromatic rings. The van der Waals surface area contributed by atoms with Crippen LogP contribution in [0.1, 0.15) is 32.6 Å². The number of carbonyl (C=O) groups excluding carboxylic acids is 2. The molecular formula is C20H23NO3. The molecule has 4 heteroatoms. The van der Waals surface area contributed by atoms with Gasteiger partial charge in [-0.2, -0.15) is 0 Å². The van der Waals surface area contributed by atoms with Crippen molar-refractivity contribution in [1.29, 1.82) is 0 Å². The molecule has 0 spiro atoms. The highest BCUT2D eigenvalue weighted by molar-refractivity contribution is 5.91. The van der Waals surface area contributed by atoms with Crippen LogP contribution in [0.5, 0.6) is 0 Å². The van der Waals surface area contributed by atoms with Crippen LogP contribution in [0.3, 0.4) is 0 Å². The summed E-state index contributed by atoms with van der Waals surface area (Å²) < 4.78 is 5.06. The number of hydrogen-bond donors (Lipinski definition) is 1. The summed E-state index contributed by atoms with van der Waals surface area (Å²) in [5.74, 6) is -0.770. The topological polar surface area (TPSA) is 55.4 Å². The second-order valence-electron chi connectivity index (χ2n) is 5.90. The van der Waals surface area contributed by atoms with Gasteiger partial charge in [0.15, 0.2) is 6.61 Å². The van der Waals surface area contributed by atoms with Gasteiger partial charge in [0.1, 0.15) is 0 Å². The van der Waals surface area contributed by atoms with E-state index < -0.39 is 5.97 Å². The summed E-state index contributed by atoms with van der Waals surface area (Å²) in [4.78, 5) is 23.7. The molecule has 2 aromatic carbocycles. The van der Waals surface area contributed by atoms with E-state index in [1.807, 2.05) is 51.1 Å². The molecule has 0 fully saturated rings. The van der Waals surface area contributed by atoms with Crippen molar-refractivity contribution < 1.29 is 14.3 Å². The molecule has 1 N–H and O–H groups in total. The van der Waals surface area contributed by atoms with Crippen molar-refractivity contribution in [2.75, 3.05) is 13.2 Å². The zero-order valence-corrected chi connectivity index (χ0v) is 14.4. The average Bonchev–Trinajstić information content (AvgIpc) is 2.57. The summed E-state index contributed by atoms with van der Waals surface area (Å²) in [5.41, 5.74) is 5.00. The number of hydrogen-bond acceptors (Lipinski definition) is 3. The van der Waals surface area contributed by atoms with Crippen LogP contribution in [0.15, 0.2) is 42.5 Å². The molecule has 4 nitrogen and oxygen atoms in total. The summed E-state index contributed by atoms with van der Waals surface area (Å²) in [5, 5.41) is 2.77. The van der Waals surface area contributed by atoms with Crippen LogP contribution in [0.4, 0.5) is 0 Å². The zero-order valence-electron chi connectivity index (χ0n) is 14.4. The van der Waals surface area contributed by atoms with Gasteiger partial charge in [-0.3, -0.25) is 4.79 Å². The highest BCUT2D eigenvalue weighted by Crippen LogP contribution is 2.11. The van der Waals surface area contributed by atoms with E-state index >= 15 is 0 Å². The number of benzene rings is 2. The van der Waals surface area contributed by atoms with Crippen molar-refractivity contribution in [3.63, 3.8) is 0 Å². The highest BCUT2D eigenvalue weighted by Gasteiger charge is 2.10. The first kappa shape index (κ1) is 17.7. The molecule has 0 aliphatic carbocycles. The number of ether oxygens (including phenoxy) is 1. The van der Waals surface area contributed by atoms with E-state index in [9.17, 15) is 9.59 Å². The summed E-state index contributed by atoms with van der Waals surface area (Å²) in [6.07, 6.45) is 0.753. The van der Waals surface area contributed by atoms with Crippen LogP contribution >= 0.6 is 0 Å². The largest absolute Gasteiger partial charge is 0.452 e. The minimum Gasteiger partial charge on any atom is -0.452 e. The maximum Gasteiger partial charge on any atom is 0.338 e. The fourth-order valence-corrected chi connectivity index (χ4v) is 2.36. The fourth-order valence-electron chi connectivity index (χ4n) is 2.36. The summed E-state index contributed by atoms with van der Waals surface area (Å²) in [6, 6.07) is 13.4. The van der Waals surface area contributed by atoms with E-state index in [2.05, 4.69) is 5.32 Å². The van der Waals surface area contributed by atoms with Gasteiger partial charge < -0.3 is 10.1 Å². The van der Waals surface area contributed by atoms with Crippen LogP contribution in [0, 0.1) is 20.8 Å². The Balaban J connectivity index is 1.75. The van der Waals surface area contributed by atoms with Gasteiger partial charge in [-0.15, -0.1) is 0 Å². The van der Waals surface area contributed by atoms with Crippen LogP contribution < -0.4 is 5.32 Å². The third kappa shape index (κ3) is 4.95. The first-order valence-electron chi connectivity index (χ1n) is 8.03. The molecule has 2 rings (SSSR count). The standard InChI is InChI=1S/C20H23NO3/c1-14-8-9-18(12-16(14)3)20(23)24-13-19(22)21-11-10-17-7-5-4-6-15(17)2/h4-9,12H,10-11,13H2,1-3H3,(H,21,22). The van der Waals surface area contributed by atoms with Gasteiger partial charge in [-0.05, 0) is 61.6 Å². The lowest BCUT2D eigenvalue weighted by atomic mass is 10.1. The molecular weight excluding hydrogens is 302 g/mol. The number of esters is 1. The lowest BCUT2D eigenvalue weighted by Crippen LogP contribution is -2.30. The van der Waals surface area contributed by atoms with Crippen LogP contribution in [0.25, 0.3) is 0 Å². The first-order valence-corrected chi connectivity index (χ1v) is 8.03. The second kappa shape index (κ2) is 8.29. The molecule has 24 heavy (non-hydrogen) atoms. The Morgan fingerprint density at radius 3 is 2.42 bits per heavy atom. The summed E-state index contributed by atoms with van der Waals surface area (Å²) in [7, 11) is 0. The number of rotatable bonds is 6. The van der Waals surface area contributed by atoms with E-state index in [4.69, 9.17) is 4.74 Å². The quantitative estimate of drug-likeness (QED) is 0.830. The minimum atomic E-state index is -0.479. The third-order valence-corrected chi connectivity index (χ3v) is 4.05. The van der Waals surface area contributed by atoms with E-state index in [1.54, 1.807) is 12.1 Å². The number of carbonyl (C=O) groups is 2. The highest BCUT2D eigenvalue weighted by atomic mass is 16.5. The minimum absolute atomic E-state index is 0.264. The summed E-state index contributed by atoms with van der Waals surface area (Å²) >= 11 is 0. The molecule has 0 aliphatic heterocycles. The zero-order chi connectivity index (χ0) is 17.5. The molecule has 126 valence electrons. The molecule has 0 bridgehead atoms. The Bertz CT molecular complexity index is 737. The monoisotopic (exact) mass is 325 g/mol. The van der Waals surface area contributed by atoms with Crippen molar-refractivity contribution in [3.05, 3.63) is 70.3 Å². The maximum atomic E-state index is 12.0. The van der Waals surface area contributed by atoms with Crippen LogP contribution in [0.2, 0.25) is 0 Å². The van der Waals surface area contributed by atoms with Crippen molar-refractivity contribution in [1.82, 2.24) is 5.32 Å². The number of aryl methyl sites for hydroxylation is 3. The molecule has 0 aliphatic rings. The van der Waals surface area contributed by atoms with Gasteiger partial charge in [0.25, 0.3) is 5.91 Å². The van der Waals surface area contributed by atoms with Crippen LogP contribution in [-0.4, -0.2) is 25.0 Å². The van der Waals surface area contributed by atoms with Gasteiger partial charge in [0, 0.05) is 6.54 Å².